The van der Waals surface area contributed by atoms with Crippen LogP contribution in [0.25, 0.3) is 0 Å². The Morgan fingerprint density at radius 3 is 2.64 bits per heavy atom. The van der Waals surface area contributed by atoms with Gasteiger partial charge in [-0.25, -0.2) is 4.79 Å². The number of carbonyl (C=O) groups excluding carboxylic acids is 1. The minimum Gasteiger partial charge on any atom is -0.434 e. The molecule has 6 unspecified atom stereocenters. The van der Waals surface area contributed by atoms with Crippen molar-refractivity contribution < 1.29 is 14.3 Å². The van der Waals surface area contributed by atoms with E-state index in [0.29, 0.717) is 18.4 Å². The van der Waals surface area contributed by atoms with E-state index in [9.17, 15) is 4.79 Å². The fourth-order valence-electron chi connectivity index (χ4n) is 6.45. The van der Waals surface area contributed by atoms with E-state index >= 15 is 0 Å². The first-order chi connectivity index (χ1) is 12.1. The molecule has 0 spiro atoms. The highest BCUT2D eigenvalue weighted by Crippen LogP contribution is 2.57. The highest BCUT2D eigenvalue weighted by Gasteiger charge is 2.51. The summed E-state index contributed by atoms with van der Waals surface area (Å²) in [7, 11) is 0. The summed E-state index contributed by atoms with van der Waals surface area (Å²) < 4.78 is 11.0. The molecule has 3 nitrogen and oxygen atoms in total. The smallest absolute Gasteiger partial charge is 0.434 e. The van der Waals surface area contributed by atoms with Gasteiger partial charge in [0.05, 0.1) is 6.61 Å². The Balaban J connectivity index is 1.38. The van der Waals surface area contributed by atoms with Crippen molar-refractivity contribution in [2.75, 3.05) is 6.61 Å². The Morgan fingerprint density at radius 2 is 1.80 bits per heavy atom. The van der Waals surface area contributed by atoms with Crippen LogP contribution in [0.2, 0.25) is 0 Å². The number of hydrogen-bond acceptors (Lipinski definition) is 3. The molecule has 0 N–H and O–H groups in total. The number of hydrogen-bond donors (Lipinski definition) is 0. The Bertz CT molecular complexity index is 523. The van der Waals surface area contributed by atoms with Gasteiger partial charge in [-0.1, -0.05) is 25.5 Å². The van der Waals surface area contributed by atoms with Crippen LogP contribution in [0.15, 0.2) is 11.6 Å². The van der Waals surface area contributed by atoms with Crippen LogP contribution in [0, 0.1) is 35.5 Å². The monoisotopic (exact) mass is 346 g/mol. The van der Waals surface area contributed by atoms with Crippen LogP contribution in [0.1, 0.15) is 71.6 Å². The van der Waals surface area contributed by atoms with Gasteiger partial charge in [0, 0.05) is 0 Å². The van der Waals surface area contributed by atoms with E-state index in [1.54, 1.807) is 5.57 Å². The van der Waals surface area contributed by atoms with Crippen LogP contribution in [-0.2, 0) is 9.47 Å². The van der Waals surface area contributed by atoms with Crippen LogP contribution in [0.4, 0.5) is 4.79 Å². The molecule has 0 aliphatic heterocycles. The van der Waals surface area contributed by atoms with E-state index in [1.807, 2.05) is 0 Å². The second kappa shape index (κ2) is 7.32. The lowest BCUT2D eigenvalue weighted by Crippen LogP contribution is -2.42. The number of carbonyl (C=O) groups is 1. The van der Waals surface area contributed by atoms with Gasteiger partial charge in [-0.2, -0.15) is 0 Å². The van der Waals surface area contributed by atoms with Gasteiger partial charge < -0.3 is 9.47 Å². The van der Waals surface area contributed by atoms with Gasteiger partial charge >= 0.3 is 6.16 Å². The van der Waals surface area contributed by atoms with Crippen molar-refractivity contribution in [3.8, 4) is 0 Å². The number of ether oxygens (including phenoxy) is 2. The van der Waals surface area contributed by atoms with Crippen LogP contribution in [-0.4, -0.2) is 18.9 Å². The molecule has 0 aromatic rings. The maximum absolute atomic E-state index is 12.0. The van der Waals surface area contributed by atoms with Crippen molar-refractivity contribution >= 4 is 6.16 Å². The topological polar surface area (TPSA) is 35.5 Å². The van der Waals surface area contributed by atoms with E-state index < -0.39 is 6.16 Å². The molecule has 4 rings (SSSR count). The molecule has 0 saturated heterocycles. The zero-order valence-corrected chi connectivity index (χ0v) is 15.9. The highest BCUT2D eigenvalue weighted by molar-refractivity contribution is 5.60. The average molecular weight is 347 g/mol. The third-order valence-corrected chi connectivity index (χ3v) is 7.41. The molecule has 4 aliphatic rings. The summed E-state index contributed by atoms with van der Waals surface area (Å²) in [5.41, 5.74) is 1.79. The average Bonchev–Trinajstić information content (AvgIpc) is 3.03. The number of fused-ring (bicyclic) bond motifs is 5. The number of rotatable bonds is 3. The van der Waals surface area contributed by atoms with Gasteiger partial charge in [-0.15, -0.1) is 0 Å². The third-order valence-electron chi connectivity index (χ3n) is 7.41. The summed E-state index contributed by atoms with van der Waals surface area (Å²) >= 11 is 0. The Labute approximate surface area is 152 Å². The van der Waals surface area contributed by atoms with Crippen LogP contribution in [0.3, 0.4) is 0 Å². The summed E-state index contributed by atoms with van der Waals surface area (Å²) in [6, 6.07) is 0. The third kappa shape index (κ3) is 3.48. The standard InChI is InChI=1S/C22H34O3/c1-14(2)13-24-22(23)25-21-12-11-19-18-8-7-15-5-3-4-6-16(15)17(18)9-10-20(19)21/h5,14,16-21H,3-4,6-13H2,1-2H3. The van der Waals surface area contributed by atoms with Gasteiger partial charge in [0.25, 0.3) is 0 Å². The van der Waals surface area contributed by atoms with Gasteiger partial charge in [-0.3, -0.25) is 0 Å². The largest absolute Gasteiger partial charge is 0.508 e. The predicted octanol–water partition coefficient (Wildman–Crippen LogP) is 5.74. The van der Waals surface area contributed by atoms with Crippen molar-refractivity contribution in [1.82, 2.24) is 0 Å². The molecule has 0 bridgehead atoms. The zero-order chi connectivity index (χ0) is 17.4. The molecule has 0 aromatic heterocycles. The van der Waals surface area contributed by atoms with Crippen molar-refractivity contribution in [3.05, 3.63) is 11.6 Å². The Kier molecular flexibility index (Phi) is 5.11. The van der Waals surface area contributed by atoms with Gasteiger partial charge in [0.1, 0.15) is 6.10 Å². The lowest BCUT2D eigenvalue weighted by Gasteiger charge is -2.49. The highest BCUT2D eigenvalue weighted by atomic mass is 16.7. The van der Waals surface area contributed by atoms with E-state index in [2.05, 4.69) is 19.9 Å². The molecular weight excluding hydrogens is 312 g/mol. The second-order valence-electron chi connectivity index (χ2n) is 9.28. The minimum atomic E-state index is -0.442. The Hall–Kier alpha value is -0.990. The summed E-state index contributed by atoms with van der Waals surface area (Å²) in [5.74, 6) is 4.39. The van der Waals surface area contributed by atoms with Crippen LogP contribution in [0.5, 0.6) is 0 Å². The van der Waals surface area contributed by atoms with Crippen LogP contribution >= 0.6 is 0 Å². The molecule has 3 fully saturated rings. The van der Waals surface area contributed by atoms with E-state index in [0.717, 1.165) is 30.1 Å². The lowest BCUT2D eigenvalue weighted by atomic mass is 9.56. The molecule has 25 heavy (non-hydrogen) atoms. The van der Waals surface area contributed by atoms with Gasteiger partial charge in [-0.05, 0) is 93.3 Å². The van der Waals surface area contributed by atoms with Crippen LogP contribution < -0.4 is 0 Å². The van der Waals surface area contributed by atoms with Gasteiger partial charge in [0.2, 0.25) is 0 Å². The fourth-order valence-corrected chi connectivity index (χ4v) is 6.45. The van der Waals surface area contributed by atoms with Gasteiger partial charge in [0.15, 0.2) is 0 Å². The predicted molar refractivity (Wildman–Crippen MR) is 98.1 cm³/mol. The minimum absolute atomic E-state index is 0.105. The molecule has 4 aliphatic carbocycles. The first kappa shape index (κ1) is 17.4. The molecule has 0 aromatic carbocycles. The zero-order valence-electron chi connectivity index (χ0n) is 15.9. The second-order valence-corrected chi connectivity index (χ2v) is 9.28. The first-order valence-corrected chi connectivity index (χ1v) is 10.7. The molecule has 0 amide bonds. The van der Waals surface area contributed by atoms with Crippen molar-refractivity contribution in [2.24, 2.45) is 35.5 Å². The van der Waals surface area contributed by atoms with Crippen molar-refractivity contribution in [1.29, 1.82) is 0 Å². The molecule has 6 atom stereocenters. The molecule has 140 valence electrons. The summed E-state index contributed by atoms with van der Waals surface area (Å²) in [6.07, 6.45) is 13.9. The molecule has 3 saturated carbocycles. The Morgan fingerprint density at radius 1 is 1.04 bits per heavy atom. The van der Waals surface area contributed by atoms with Crippen molar-refractivity contribution in [2.45, 2.75) is 77.7 Å². The molecule has 0 heterocycles. The summed E-state index contributed by atoms with van der Waals surface area (Å²) in [4.78, 5) is 12.0. The maximum atomic E-state index is 12.0. The summed E-state index contributed by atoms with van der Waals surface area (Å²) in [5, 5.41) is 0. The fraction of sp³-hybridized carbons (Fsp3) is 0.864. The quantitative estimate of drug-likeness (QED) is 0.483. The SMILES string of the molecule is CC(C)COC(=O)OC1CCC2C1CCC1C3CCCC=C3CCC12. The molecular formula is C22H34O3. The lowest BCUT2D eigenvalue weighted by molar-refractivity contribution is -0.0251. The van der Waals surface area contributed by atoms with E-state index in [4.69, 9.17) is 9.47 Å². The van der Waals surface area contributed by atoms with Crippen molar-refractivity contribution in [3.63, 3.8) is 0 Å². The van der Waals surface area contributed by atoms with E-state index in [-0.39, 0.29) is 6.10 Å². The molecule has 0 radical (unpaired) electrons. The number of allylic oxidation sites excluding steroid dienone is 2. The normalized spacial score (nSPS) is 39.9. The van der Waals surface area contributed by atoms with E-state index in [1.165, 1.54) is 51.4 Å². The summed E-state index contributed by atoms with van der Waals surface area (Å²) in [6.45, 7) is 4.57. The first-order valence-electron chi connectivity index (χ1n) is 10.7. The maximum Gasteiger partial charge on any atom is 0.508 e. The molecule has 3 heteroatoms.